The van der Waals surface area contributed by atoms with Gasteiger partial charge in [0.25, 0.3) is 5.91 Å². The predicted octanol–water partition coefficient (Wildman–Crippen LogP) is 1.83. The van der Waals surface area contributed by atoms with E-state index in [2.05, 4.69) is 11.4 Å². The van der Waals surface area contributed by atoms with Crippen molar-refractivity contribution in [3.63, 3.8) is 0 Å². The van der Waals surface area contributed by atoms with Crippen LogP contribution in [0.3, 0.4) is 0 Å². The molecule has 0 aromatic heterocycles. The van der Waals surface area contributed by atoms with Crippen LogP contribution in [-0.4, -0.2) is 43.7 Å². The topological polar surface area (TPSA) is 41.6 Å². The summed E-state index contributed by atoms with van der Waals surface area (Å²) in [6, 6.07) is 6.04. The molecular weight excluding hydrogens is 252 g/mol. The van der Waals surface area contributed by atoms with Crippen LogP contribution in [-0.2, 0) is 17.7 Å². The summed E-state index contributed by atoms with van der Waals surface area (Å²) in [5.74, 6) is 0.0609. The predicted molar refractivity (Wildman–Crippen MR) is 79.9 cm³/mol. The molecule has 0 radical (unpaired) electrons. The largest absolute Gasteiger partial charge is 0.377 e. The van der Waals surface area contributed by atoms with Crippen molar-refractivity contribution in [1.29, 1.82) is 0 Å². The third-order valence-corrected chi connectivity index (χ3v) is 3.56. The van der Waals surface area contributed by atoms with E-state index in [1.54, 1.807) is 4.90 Å². The van der Waals surface area contributed by atoms with E-state index < -0.39 is 0 Å². The molecule has 20 heavy (non-hydrogen) atoms. The molecule has 2 rings (SSSR count). The van der Waals surface area contributed by atoms with Crippen LogP contribution >= 0.6 is 0 Å². The summed E-state index contributed by atoms with van der Waals surface area (Å²) in [6.07, 6.45) is 1.25. The van der Waals surface area contributed by atoms with Crippen LogP contribution in [0.15, 0.2) is 18.2 Å². The van der Waals surface area contributed by atoms with Crippen molar-refractivity contribution in [2.45, 2.75) is 32.9 Å². The van der Waals surface area contributed by atoms with E-state index in [-0.39, 0.29) is 12.0 Å². The number of ether oxygens (including phenoxy) is 1. The number of rotatable bonds is 5. The van der Waals surface area contributed by atoms with E-state index >= 15 is 0 Å². The lowest BCUT2D eigenvalue weighted by Crippen LogP contribution is -2.31. The molecule has 0 saturated carbocycles. The summed E-state index contributed by atoms with van der Waals surface area (Å²) in [5, 5.41) is 3.34. The molecule has 1 aromatic carbocycles. The summed E-state index contributed by atoms with van der Waals surface area (Å²) in [5.41, 5.74) is 3.36. The SMILES string of the molecule is CC(C)OCCN(C)C(=O)c1ccc2c(c1)CNCC2. The molecule has 0 bridgehead atoms. The Morgan fingerprint density at radius 1 is 1.40 bits per heavy atom. The zero-order chi connectivity index (χ0) is 14.5. The van der Waals surface area contributed by atoms with Gasteiger partial charge in [0.2, 0.25) is 0 Å². The highest BCUT2D eigenvalue weighted by atomic mass is 16.5. The van der Waals surface area contributed by atoms with E-state index in [0.29, 0.717) is 13.2 Å². The van der Waals surface area contributed by atoms with Gasteiger partial charge in [0, 0.05) is 25.7 Å². The quantitative estimate of drug-likeness (QED) is 0.892. The van der Waals surface area contributed by atoms with Crippen LogP contribution < -0.4 is 5.32 Å². The summed E-state index contributed by atoms with van der Waals surface area (Å²) in [7, 11) is 1.82. The highest BCUT2D eigenvalue weighted by molar-refractivity contribution is 5.94. The Kier molecular flexibility index (Phi) is 5.15. The van der Waals surface area contributed by atoms with Gasteiger partial charge in [-0.1, -0.05) is 6.07 Å². The molecule has 1 amide bonds. The maximum atomic E-state index is 12.4. The molecule has 1 aliphatic heterocycles. The smallest absolute Gasteiger partial charge is 0.253 e. The molecule has 0 fully saturated rings. The molecule has 0 spiro atoms. The van der Waals surface area contributed by atoms with E-state index in [4.69, 9.17) is 4.74 Å². The standard InChI is InChI=1S/C16H24N2O2/c1-12(2)20-9-8-18(3)16(19)14-5-4-13-6-7-17-11-15(13)10-14/h4-5,10,12,17H,6-9,11H2,1-3H3. The molecule has 1 aromatic rings. The average Bonchev–Trinajstić information content (AvgIpc) is 2.45. The van der Waals surface area contributed by atoms with Crippen molar-refractivity contribution in [1.82, 2.24) is 10.2 Å². The summed E-state index contributed by atoms with van der Waals surface area (Å²) >= 11 is 0. The van der Waals surface area contributed by atoms with Crippen LogP contribution in [0.4, 0.5) is 0 Å². The lowest BCUT2D eigenvalue weighted by Gasteiger charge is -2.21. The number of carbonyl (C=O) groups excluding carboxylic acids is 1. The first-order valence-corrected chi connectivity index (χ1v) is 7.27. The number of likely N-dealkylation sites (N-methyl/N-ethyl adjacent to an activating group) is 1. The fraction of sp³-hybridized carbons (Fsp3) is 0.562. The van der Waals surface area contributed by atoms with Crippen molar-refractivity contribution in [2.75, 3.05) is 26.7 Å². The Morgan fingerprint density at radius 3 is 2.95 bits per heavy atom. The molecule has 1 aliphatic rings. The molecule has 0 atom stereocenters. The molecule has 0 unspecified atom stereocenters. The Balaban J connectivity index is 1.98. The molecule has 4 nitrogen and oxygen atoms in total. The number of carbonyl (C=O) groups is 1. The minimum absolute atomic E-state index is 0.0609. The fourth-order valence-corrected chi connectivity index (χ4v) is 2.36. The van der Waals surface area contributed by atoms with Crippen LogP contribution in [0, 0.1) is 0 Å². The van der Waals surface area contributed by atoms with E-state index in [0.717, 1.165) is 25.1 Å². The number of fused-ring (bicyclic) bond motifs is 1. The van der Waals surface area contributed by atoms with Crippen LogP contribution in [0.5, 0.6) is 0 Å². The van der Waals surface area contributed by atoms with Gasteiger partial charge in [-0.05, 0) is 50.1 Å². The van der Waals surface area contributed by atoms with Crippen LogP contribution in [0.1, 0.15) is 35.3 Å². The van der Waals surface area contributed by atoms with Crippen LogP contribution in [0.25, 0.3) is 0 Å². The molecule has 0 aliphatic carbocycles. The molecular formula is C16H24N2O2. The van der Waals surface area contributed by atoms with Crippen molar-refractivity contribution < 1.29 is 9.53 Å². The number of benzene rings is 1. The van der Waals surface area contributed by atoms with Gasteiger partial charge in [-0.3, -0.25) is 4.79 Å². The maximum absolute atomic E-state index is 12.4. The lowest BCUT2D eigenvalue weighted by atomic mass is 9.98. The zero-order valence-corrected chi connectivity index (χ0v) is 12.6. The minimum Gasteiger partial charge on any atom is -0.377 e. The third kappa shape index (κ3) is 3.81. The van der Waals surface area contributed by atoms with Gasteiger partial charge < -0.3 is 15.0 Å². The average molecular weight is 276 g/mol. The van der Waals surface area contributed by atoms with Crippen LogP contribution in [0.2, 0.25) is 0 Å². The van der Waals surface area contributed by atoms with Gasteiger partial charge >= 0.3 is 0 Å². The Hall–Kier alpha value is -1.39. The van der Waals surface area contributed by atoms with Gasteiger partial charge in [-0.25, -0.2) is 0 Å². The molecule has 110 valence electrons. The highest BCUT2D eigenvalue weighted by Crippen LogP contribution is 2.16. The highest BCUT2D eigenvalue weighted by Gasteiger charge is 2.15. The summed E-state index contributed by atoms with van der Waals surface area (Å²) in [4.78, 5) is 14.1. The first-order chi connectivity index (χ1) is 9.58. The third-order valence-electron chi connectivity index (χ3n) is 3.56. The summed E-state index contributed by atoms with van der Waals surface area (Å²) < 4.78 is 5.49. The number of amides is 1. The van der Waals surface area contributed by atoms with Gasteiger partial charge in [0.05, 0.1) is 12.7 Å². The second-order valence-corrected chi connectivity index (χ2v) is 5.56. The number of nitrogens with one attached hydrogen (secondary N) is 1. The molecule has 4 heteroatoms. The van der Waals surface area contributed by atoms with E-state index in [1.807, 2.05) is 33.0 Å². The monoisotopic (exact) mass is 276 g/mol. The zero-order valence-electron chi connectivity index (χ0n) is 12.6. The summed E-state index contributed by atoms with van der Waals surface area (Å²) in [6.45, 7) is 7.07. The molecule has 1 N–H and O–H groups in total. The van der Waals surface area contributed by atoms with Crippen molar-refractivity contribution in [2.24, 2.45) is 0 Å². The first kappa shape index (κ1) is 15.0. The Bertz CT molecular complexity index is 472. The van der Waals surface area contributed by atoms with Gasteiger partial charge in [-0.15, -0.1) is 0 Å². The molecule has 0 saturated heterocycles. The minimum atomic E-state index is 0.0609. The number of hydrogen-bond acceptors (Lipinski definition) is 3. The van der Waals surface area contributed by atoms with Crippen molar-refractivity contribution in [3.05, 3.63) is 34.9 Å². The molecule has 1 heterocycles. The maximum Gasteiger partial charge on any atom is 0.253 e. The number of hydrogen-bond donors (Lipinski definition) is 1. The normalized spacial score (nSPS) is 14.2. The van der Waals surface area contributed by atoms with Gasteiger partial charge in [0.15, 0.2) is 0 Å². The number of nitrogens with zero attached hydrogens (tertiary/aromatic N) is 1. The van der Waals surface area contributed by atoms with Gasteiger partial charge in [0.1, 0.15) is 0 Å². The lowest BCUT2D eigenvalue weighted by molar-refractivity contribution is 0.0532. The fourth-order valence-electron chi connectivity index (χ4n) is 2.36. The van der Waals surface area contributed by atoms with Gasteiger partial charge in [-0.2, -0.15) is 0 Å². The second-order valence-electron chi connectivity index (χ2n) is 5.56. The Labute approximate surface area is 121 Å². The van der Waals surface area contributed by atoms with E-state index in [1.165, 1.54) is 11.1 Å². The first-order valence-electron chi connectivity index (χ1n) is 7.27. The Morgan fingerprint density at radius 2 is 2.20 bits per heavy atom. The second kappa shape index (κ2) is 6.86. The van der Waals surface area contributed by atoms with E-state index in [9.17, 15) is 4.79 Å². The van der Waals surface area contributed by atoms with Crippen molar-refractivity contribution >= 4 is 5.91 Å². The van der Waals surface area contributed by atoms with Crippen molar-refractivity contribution in [3.8, 4) is 0 Å².